The van der Waals surface area contributed by atoms with E-state index in [-0.39, 0.29) is 12.0 Å². The fourth-order valence-corrected chi connectivity index (χ4v) is 2.76. The van der Waals surface area contributed by atoms with E-state index in [0.29, 0.717) is 13.0 Å². The Balaban J connectivity index is 1.79. The van der Waals surface area contributed by atoms with Gasteiger partial charge >= 0.3 is 0 Å². The molecular formula is C15H25N3O2. The van der Waals surface area contributed by atoms with Crippen LogP contribution in [0, 0.1) is 13.8 Å². The van der Waals surface area contributed by atoms with Crippen molar-refractivity contribution >= 4 is 5.91 Å². The Labute approximate surface area is 120 Å². The lowest BCUT2D eigenvalue weighted by molar-refractivity contribution is -0.121. The van der Waals surface area contributed by atoms with E-state index < -0.39 is 0 Å². The monoisotopic (exact) mass is 279 g/mol. The van der Waals surface area contributed by atoms with E-state index in [9.17, 15) is 4.79 Å². The maximum absolute atomic E-state index is 11.9. The second-order valence-corrected chi connectivity index (χ2v) is 5.40. The predicted molar refractivity (Wildman–Crippen MR) is 77.7 cm³/mol. The second-order valence-electron chi connectivity index (χ2n) is 5.40. The molecule has 5 heteroatoms. The minimum absolute atomic E-state index is 0.101. The molecule has 1 aromatic heterocycles. The maximum atomic E-state index is 11.9. The van der Waals surface area contributed by atoms with Gasteiger partial charge in [-0.2, -0.15) is 5.10 Å². The maximum Gasteiger partial charge on any atom is 0.220 e. The van der Waals surface area contributed by atoms with Crippen LogP contribution in [-0.4, -0.2) is 34.9 Å². The molecule has 112 valence electrons. The standard InChI is InChI=1S/C15H25N3O2/c1-4-18-12(3)14(11(2)17-18)7-8-15(19)16-10-13-6-5-9-20-13/h13H,4-10H2,1-3H3,(H,16,19)/t13-/m1/s1. The number of hydrogen-bond acceptors (Lipinski definition) is 3. The summed E-state index contributed by atoms with van der Waals surface area (Å²) in [6.07, 6.45) is 3.65. The van der Waals surface area contributed by atoms with Gasteiger partial charge in [-0.1, -0.05) is 0 Å². The highest BCUT2D eigenvalue weighted by molar-refractivity contribution is 5.76. The summed E-state index contributed by atoms with van der Waals surface area (Å²) in [5.41, 5.74) is 3.42. The number of carbonyl (C=O) groups is 1. The van der Waals surface area contributed by atoms with Crippen LogP contribution in [0.1, 0.15) is 43.1 Å². The second kappa shape index (κ2) is 6.88. The Kier molecular flexibility index (Phi) is 5.17. The first kappa shape index (κ1) is 15.0. The molecule has 0 radical (unpaired) electrons. The minimum atomic E-state index is 0.101. The highest BCUT2D eigenvalue weighted by Crippen LogP contribution is 2.15. The lowest BCUT2D eigenvalue weighted by Gasteiger charge is -2.10. The van der Waals surface area contributed by atoms with Gasteiger partial charge in [0, 0.05) is 31.8 Å². The van der Waals surface area contributed by atoms with Gasteiger partial charge in [0.05, 0.1) is 11.8 Å². The number of aryl methyl sites for hydroxylation is 2. The van der Waals surface area contributed by atoms with Crippen LogP contribution in [0.3, 0.4) is 0 Å². The van der Waals surface area contributed by atoms with E-state index >= 15 is 0 Å². The van der Waals surface area contributed by atoms with Crippen molar-refractivity contribution in [2.24, 2.45) is 0 Å². The van der Waals surface area contributed by atoms with Crippen molar-refractivity contribution in [1.29, 1.82) is 0 Å². The van der Waals surface area contributed by atoms with E-state index in [1.165, 1.54) is 11.3 Å². The smallest absolute Gasteiger partial charge is 0.220 e. The third kappa shape index (κ3) is 3.60. The predicted octanol–water partition coefficient (Wildman–Crippen LogP) is 1.75. The first-order valence-corrected chi connectivity index (χ1v) is 7.53. The molecule has 2 heterocycles. The number of aromatic nitrogens is 2. The molecule has 0 spiro atoms. The highest BCUT2D eigenvalue weighted by atomic mass is 16.5. The number of hydrogen-bond donors (Lipinski definition) is 1. The fourth-order valence-electron chi connectivity index (χ4n) is 2.76. The van der Waals surface area contributed by atoms with Crippen molar-refractivity contribution in [3.8, 4) is 0 Å². The van der Waals surface area contributed by atoms with Crippen molar-refractivity contribution in [1.82, 2.24) is 15.1 Å². The van der Waals surface area contributed by atoms with E-state index in [4.69, 9.17) is 4.74 Å². The first-order chi connectivity index (χ1) is 9.61. The topological polar surface area (TPSA) is 56.2 Å². The molecule has 1 aliphatic heterocycles. The molecule has 1 aromatic rings. The van der Waals surface area contributed by atoms with Crippen molar-refractivity contribution in [3.05, 3.63) is 17.0 Å². The first-order valence-electron chi connectivity index (χ1n) is 7.53. The zero-order valence-corrected chi connectivity index (χ0v) is 12.7. The van der Waals surface area contributed by atoms with Gasteiger partial charge in [0.2, 0.25) is 5.91 Å². The Morgan fingerprint density at radius 3 is 2.90 bits per heavy atom. The molecule has 1 atom stereocenters. The summed E-state index contributed by atoms with van der Waals surface area (Å²) >= 11 is 0. The van der Waals surface area contributed by atoms with Crippen molar-refractivity contribution < 1.29 is 9.53 Å². The molecule has 0 aliphatic carbocycles. The summed E-state index contributed by atoms with van der Waals surface area (Å²) in [6.45, 7) is 8.51. The van der Waals surface area contributed by atoms with Crippen molar-refractivity contribution in [2.75, 3.05) is 13.2 Å². The average Bonchev–Trinajstić information content (AvgIpc) is 3.03. The lowest BCUT2D eigenvalue weighted by atomic mass is 10.1. The average molecular weight is 279 g/mol. The molecule has 1 amide bonds. The Morgan fingerprint density at radius 1 is 1.50 bits per heavy atom. The molecule has 20 heavy (non-hydrogen) atoms. The van der Waals surface area contributed by atoms with Crippen LogP contribution in [0.5, 0.6) is 0 Å². The van der Waals surface area contributed by atoms with Crippen LogP contribution < -0.4 is 5.32 Å². The zero-order chi connectivity index (χ0) is 14.5. The quantitative estimate of drug-likeness (QED) is 0.863. The van der Waals surface area contributed by atoms with Crippen LogP contribution in [-0.2, 0) is 22.5 Å². The lowest BCUT2D eigenvalue weighted by Crippen LogP contribution is -2.31. The van der Waals surface area contributed by atoms with Crippen molar-refractivity contribution in [2.45, 2.75) is 59.1 Å². The van der Waals surface area contributed by atoms with E-state index in [1.54, 1.807) is 0 Å². The molecule has 1 fully saturated rings. The van der Waals surface area contributed by atoms with E-state index in [2.05, 4.69) is 24.3 Å². The normalized spacial score (nSPS) is 18.4. The van der Waals surface area contributed by atoms with Crippen LogP contribution in [0.25, 0.3) is 0 Å². The number of carbonyl (C=O) groups excluding carboxylic acids is 1. The van der Waals surface area contributed by atoms with Gasteiger partial charge in [-0.05, 0) is 45.6 Å². The van der Waals surface area contributed by atoms with Gasteiger partial charge in [0.25, 0.3) is 0 Å². The molecule has 0 unspecified atom stereocenters. The van der Waals surface area contributed by atoms with Gasteiger partial charge in [0.15, 0.2) is 0 Å². The molecule has 0 aromatic carbocycles. The number of ether oxygens (including phenoxy) is 1. The SMILES string of the molecule is CCn1nc(C)c(CCC(=O)NC[C@H]2CCCO2)c1C. The summed E-state index contributed by atoms with van der Waals surface area (Å²) < 4.78 is 7.49. The summed E-state index contributed by atoms with van der Waals surface area (Å²) in [5.74, 6) is 0.101. The third-order valence-corrected chi connectivity index (χ3v) is 3.98. The molecular weight excluding hydrogens is 254 g/mol. The zero-order valence-electron chi connectivity index (χ0n) is 12.7. The van der Waals surface area contributed by atoms with Gasteiger partial charge < -0.3 is 10.1 Å². The van der Waals surface area contributed by atoms with Gasteiger partial charge in [-0.15, -0.1) is 0 Å². The number of rotatable bonds is 6. The molecule has 2 rings (SSSR count). The van der Waals surface area contributed by atoms with Crippen LogP contribution >= 0.6 is 0 Å². The number of nitrogens with zero attached hydrogens (tertiary/aromatic N) is 2. The Morgan fingerprint density at radius 2 is 2.30 bits per heavy atom. The highest BCUT2D eigenvalue weighted by Gasteiger charge is 2.17. The number of amides is 1. The fraction of sp³-hybridized carbons (Fsp3) is 0.733. The Hall–Kier alpha value is -1.36. The van der Waals surface area contributed by atoms with Crippen LogP contribution in [0.15, 0.2) is 0 Å². The van der Waals surface area contributed by atoms with Crippen LogP contribution in [0.4, 0.5) is 0 Å². The summed E-state index contributed by atoms with van der Waals surface area (Å²) in [5, 5.41) is 7.44. The summed E-state index contributed by atoms with van der Waals surface area (Å²) in [6, 6.07) is 0. The molecule has 1 saturated heterocycles. The molecule has 5 nitrogen and oxygen atoms in total. The largest absolute Gasteiger partial charge is 0.376 e. The molecule has 1 N–H and O–H groups in total. The van der Waals surface area contributed by atoms with Crippen molar-refractivity contribution in [3.63, 3.8) is 0 Å². The molecule has 0 saturated carbocycles. The number of nitrogens with one attached hydrogen (secondary N) is 1. The van der Waals surface area contributed by atoms with E-state index in [0.717, 1.165) is 38.1 Å². The van der Waals surface area contributed by atoms with Gasteiger partial charge in [0.1, 0.15) is 0 Å². The molecule has 1 aliphatic rings. The third-order valence-electron chi connectivity index (χ3n) is 3.98. The Bertz CT molecular complexity index is 462. The molecule has 0 bridgehead atoms. The summed E-state index contributed by atoms with van der Waals surface area (Å²) in [4.78, 5) is 11.9. The van der Waals surface area contributed by atoms with E-state index in [1.807, 2.05) is 11.6 Å². The van der Waals surface area contributed by atoms with Crippen LogP contribution in [0.2, 0.25) is 0 Å². The minimum Gasteiger partial charge on any atom is -0.376 e. The summed E-state index contributed by atoms with van der Waals surface area (Å²) in [7, 11) is 0. The van der Waals surface area contributed by atoms with Gasteiger partial charge in [-0.3, -0.25) is 9.48 Å². The van der Waals surface area contributed by atoms with Gasteiger partial charge in [-0.25, -0.2) is 0 Å².